The lowest BCUT2D eigenvalue weighted by molar-refractivity contribution is 0.723. The summed E-state index contributed by atoms with van der Waals surface area (Å²) in [6.45, 7) is 0.980. The highest BCUT2D eigenvalue weighted by Gasteiger charge is 2.03. The molecule has 1 aromatic heterocycles. The SMILES string of the molecule is Clc1cccc2c1ccn2CCc1ccccc1. The van der Waals surface area contributed by atoms with Crippen LogP contribution in [-0.2, 0) is 13.0 Å². The smallest absolute Gasteiger partial charge is 0.0499 e. The maximum atomic E-state index is 6.17. The van der Waals surface area contributed by atoms with Crippen molar-refractivity contribution in [3.8, 4) is 0 Å². The zero-order valence-electron chi connectivity index (χ0n) is 10.0. The lowest BCUT2D eigenvalue weighted by atomic mass is 10.1. The minimum absolute atomic E-state index is 0.825. The van der Waals surface area contributed by atoms with E-state index in [-0.39, 0.29) is 0 Å². The molecule has 90 valence electrons. The minimum Gasteiger partial charge on any atom is -0.347 e. The molecule has 3 aromatic rings. The molecule has 0 aliphatic rings. The second-order valence-electron chi connectivity index (χ2n) is 4.42. The van der Waals surface area contributed by atoms with Gasteiger partial charge >= 0.3 is 0 Å². The quantitative estimate of drug-likeness (QED) is 0.648. The van der Waals surface area contributed by atoms with Crippen molar-refractivity contribution in [1.29, 1.82) is 0 Å². The summed E-state index contributed by atoms with van der Waals surface area (Å²) in [7, 11) is 0. The number of halogens is 1. The minimum atomic E-state index is 0.825. The number of hydrogen-bond donors (Lipinski definition) is 0. The molecule has 0 unspecified atom stereocenters. The molecule has 0 saturated heterocycles. The molecule has 0 atom stereocenters. The first-order valence-corrected chi connectivity index (χ1v) is 6.50. The van der Waals surface area contributed by atoms with E-state index in [4.69, 9.17) is 11.6 Å². The molecule has 2 heteroatoms. The fraction of sp³-hybridized carbons (Fsp3) is 0.125. The topological polar surface area (TPSA) is 4.93 Å². The summed E-state index contributed by atoms with van der Waals surface area (Å²) in [6.07, 6.45) is 3.15. The third-order valence-electron chi connectivity index (χ3n) is 3.24. The lowest BCUT2D eigenvalue weighted by Gasteiger charge is -2.06. The van der Waals surface area contributed by atoms with Gasteiger partial charge in [0.15, 0.2) is 0 Å². The van der Waals surface area contributed by atoms with E-state index in [1.54, 1.807) is 0 Å². The van der Waals surface area contributed by atoms with E-state index in [1.165, 1.54) is 11.1 Å². The van der Waals surface area contributed by atoms with Gasteiger partial charge in [-0.2, -0.15) is 0 Å². The Morgan fingerprint density at radius 1 is 0.889 bits per heavy atom. The number of benzene rings is 2. The van der Waals surface area contributed by atoms with Crippen molar-refractivity contribution in [2.75, 3.05) is 0 Å². The molecule has 0 fully saturated rings. The van der Waals surface area contributed by atoms with Crippen LogP contribution in [0.1, 0.15) is 5.56 Å². The average molecular weight is 256 g/mol. The monoisotopic (exact) mass is 255 g/mol. The summed E-state index contributed by atoms with van der Waals surface area (Å²) in [5.41, 5.74) is 2.57. The van der Waals surface area contributed by atoms with Crippen LogP contribution in [0.25, 0.3) is 10.9 Å². The highest BCUT2D eigenvalue weighted by molar-refractivity contribution is 6.35. The molecular weight excluding hydrogens is 242 g/mol. The van der Waals surface area contributed by atoms with Crippen LogP contribution in [-0.4, -0.2) is 4.57 Å². The standard InChI is InChI=1S/C16H14ClN/c17-15-7-4-8-16-14(15)10-12-18(16)11-9-13-5-2-1-3-6-13/h1-8,10,12H,9,11H2. The van der Waals surface area contributed by atoms with Crippen LogP contribution in [0.15, 0.2) is 60.8 Å². The first-order valence-electron chi connectivity index (χ1n) is 6.12. The largest absolute Gasteiger partial charge is 0.347 e. The van der Waals surface area contributed by atoms with Gasteiger partial charge in [-0.05, 0) is 30.2 Å². The second-order valence-corrected chi connectivity index (χ2v) is 4.82. The molecule has 1 heterocycles. The molecule has 0 N–H and O–H groups in total. The third kappa shape index (κ3) is 2.14. The van der Waals surface area contributed by atoms with Crippen LogP contribution in [0.2, 0.25) is 5.02 Å². The molecule has 3 rings (SSSR count). The molecule has 0 spiro atoms. The van der Waals surface area contributed by atoms with Crippen molar-refractivity contribution in [3.05, 3.63) is 71.4 Å². The van der Waals surface area contributed by atoms with Crippen LogP contribution in [0.3, 0.4) is 0 Å². The molecule has 0 aliphatic heterocycles. The molecule has 0 radical (unpaired) electrons. The zero-order valence-corrected chi connectivity index (χ0v) is 10.8. The lowest BCUT2D eigenvalue weighted by Crippen LogP contribution is -1.99. The van der Waals surface area contributed by atoms with Gasteiger partial charge in [0.25, 0.3) is 0 Å². The van der Waals surface area contributed by atoms with Gasteiger partial charge in [-0.1, -0.05) is 48.0 Å². The second kappa shape index (κ2) is 4.87. The number of aryl methyl sites for hydroxylation is 2. The molecular formula is C16H14ClN. The van der Waals surface area contributed by atoms with Crippen molar-refractivity contribution in [3.63, 3.8) is 0 Å². The summed E-state index contributed by atoms with van der Waals surface area (Å²) < 4.78 is 2.26. The Morgan fingerprint density at radius 3 is 2.56 bits per heavy atom. The van der Waals surface area contributed by atoms with Crippen LogP contribution in [0.5, 0.6) is 0 Å². The van der Waals surface area contributed by atoms with Gasteiger partial charge in [0.2, 0.25) is 0 Å². The molecule has 1 nitrogen and oxygen atoms in total. The first-order chi connectivity index (χ1) is 8.84. The Hall–Kier alpha value is -1.73. The van der Waals surface area contributed by atoms with Gasteiger partial charge in [0, 0.05) is 28.7 Å². The molecule has 0 saturated carbocycles. The maximum Gasteiger partial charge on any atom is 0.0499 e. The van der Waals surface area contributed by atoms with Crippen molar-refractivity contribution >= 4 is 22.5 Å². The van der Waals surface area contributed by atoms with E-state index in [0.717, 1.165) is 23.4 Å². The van der Waals surface area contributed by atoms with Crippen LogP contribution >= 0.6 is 11.6 Å². The van der Waals surface area contributed by atoms with Gasteiger partial charge in [0.1, 0.15) is 0 Å². The number of aromatic nitrogens is 1. The van der Waals surface area contributed by atoms with E-state index in [1.807, 2.05) is 18.2 Å². The van der Waals surface area contributed by atoms with Gasteiger partial charge < -0.3 is 4.57 Å². The fourth-order valence-electron chi connectivity index (χ4n) is 2.28. The average Bonchev–Trinajstić information content (AvgIpc) is 2.82. The van der Waals surface area contributed by atoms with Gasteiger partial charge in [-0.15, -0.1) is 0 Å². The van der Waals surface area contributed by atoms with Gasteiger partial charge in [0.05, 0.1) is 0 Å². The molecule has 18 heavy (non-hydrogen) atoms. The summed E-state index contributed by atoms with van der Waals surface area (Å²) in [5, 5.41) is 1.96. The molecule has 0 aliphatic carbocycles. The Labute approximate surface area is 112 Å². The maximum absolute atomic E-state index is 6.17. The van der Waals surface area contributed by atoms with E-state index in [0.29, 0.717) is 0 Å². The fourth-order valence-corrected chi connectivity index (χ4v) is 2.51. The van der Waals surface area contributed by atoms with Gasteiger partial charge in [-0.3, -0.25) is 0 Å². The van der Waals surface area contributed by atoms with Crippen molar-refractivity contribution in [1.82, 2.24) is 4.57 Å². The molecule has 0 bridgehead atoms. The normalized spacial score (nSPS) is 10.9. The highest BCUT2D eigenvalue weighted by atomic mass is 35.5. The number of fused-ring (bicyclic) bond motifs is 1. The Bertz CT molecular complexity index is 655. The molecule has 2 aromatic carbocycles. The Morgan fingerprint density at radius 2 is 1.72 bits per heavy atom. The summed E-state index contributed by atoms with van der Waals surface area (Å²) in [4.78, 5) is 0. The Balaban J connectivity index is 1.85. The number of nitrogens with zero attached hydrogens (tertiary/aromatic N) is 1. The van der Waals surface area contributed by atoms with Crippen molar-refractivity contribution < 1.29 is 0 Å². The number of hydrogen-bond acceptors (Lipinski definition) is 0. The molecule has 0 amide bonds. The van der Waals surface area contributed by atoms with E-state index in [9.17, 15) is 0 Å². The third-order valence-corrected chi connectivity index (χ3v) is 3.57. The van der Waals surface area contributed by atoms with E-state index >= 15 is 0 Å². The van der Waals surface area contributed by atoms with E-state index in [2.05, 4.69) is 47.2 Å². The summed E-state index contributed by atoms with van der Waals surface area (Å²) >= 11 is 6.17. The van der Waals surface area contributed by atoms with Crippen LogP contribution in [0.4, 0.5) is 0 Å². The van der Waals surface area contributed by atoms with E-state index < -0.39 is 0 Å². The highest BCUT2D eigenvalue weighted by Crippen LogP contribution is 2.24. The number of rotatable bonds is 3. The zero-order chi connectivity index (χ0) is 12.4. The van der Waals surface area contributed by atoms with Gasteiger partial charge in [-0.25, -0.2) is 0 Å². The predicted molar refractivity (Wildman–Crippen MR) is 77.1 cm³/mol. The van der Waals surface area contributed by atoms with Crippen LogP contribution in [0, 0.1) is 0 Å². The first kappa shape index (κ1) is 11.4. The van der Waals surface area contributed by atoms with Crippen molar-refractivity contribution in [2.45, 2.75) is 13.0 Å². The Kier molecular flexibility index (Phi) is 3.07. The predicted octanol–water partition coefficient (Wildman–Crippen LogP) is 4.54. The summed E-state index contributed by atoms with van der Waals surface area (Å²) in [5.74, 6) is 0. The summed E-state index contributed by atoms with van der Waals surface area (Å²) in [6, 6.07) is 18.7. The van der Waals surface area contributed by atoms with Crippen molar-refractivity contribution in [2.24, 2.45) is 0 Å². The van der Waals surface area contributed by atoms with Crippen LogP contribution < -0.4 is 0 Å².